The van der Waals surface area contributed by atoms with E-state index >= 15 is 0 Å². The highest BCUT2D eigenvalue weighted by molar-refractivity contribution is 8.01. The summed E-state index contributed by atoms with van der Waals surface area (Å²) < 4.78 is 23.0. The number of aryl methyl sites for hydroxylation is 1. The average molecular weight is 302 g/mol. The summed E-state index contributed by atoms with van der Waals surface area (Å²) in [6.45, 7) is 5.91. The molecule has 7 heteroatoms. The first-order chi connectivity index (χ1) is 8.77. The van der Waals surface area contributed by atoms with Crippen molar-refractivity contribution in [1.82, 2.24) is 9.97 Å². The molecule has 0 bridgehead atoms. The summed E-state index contributed by atoms with van der Waals surface area (Å²) in [6, 6.07) is 1.83. The molecule has 19 heavy (non-hydrogen) atoms. The van der Waals surface area contributed by atoms with Gasteiger partial charge in [0.15, 0.2) is 9.84 Å². The second kappa shape index (κ2) is 5.38. The van der Waals surface area contributed by atoms with E-state index in [1.165, 1.54) is 11.8 Å². The number of rotatable bonds is 3. The minimum Gasteiger partial charge on any atom is -0.391 e. The van der Waals surface area contributed by atoms with E-state index in [2.05, 4.69) is 9.97 Å². The van der Waals surface area contributed by atoms with E-state index in [9.17, 15) is 13.5 Å². The Morgan fingerprint density at radius 3 is 2.58 bits per heavy atom. The van der Waals surface area contributed by atoms with Gasteiger partial charge in [-0.1, -0.05) is 25.6 Å². The van der Waals surface area contributed by atoms with E-state index in [1.807, 2.05) is 26.8 Å². The summed E-state index contributed by atoms with van der Waals surface area (Å²) in [7, 11) is -3.12. The topological polar surface area (TPSA) is 80.2 Å². The summed E-state index contributed by atoms with van der Waals surface area (Å²) in [4.78, 5) is 8.78. The van der Waals surface area contributed by atoms with Gasteiger partial charge in [-0.05, 0) is 13.0 Å². The standard InChI is InChI=1S/C12H18N2O3S2/c1-7(2)12-13-8(3)4-11(14-12)18-10-6-19(16,17)5-9(10)15/h4,7,9-10,15H,5-6H2,1-3H3/t9-,10-/m1/s1. The van der Waals surface area contributed by atoms with Crippen LogP contribution in [-0.2, 0) is 9.84 Å². The largest absolute Gasteiger partial charge is 0.391 e. The molecule has 0 aromatic carbocycles. The minimum absolute atomic E-state index is 0.0128. The number of hydrogen-bond donors (Lipinski definition) is 1. The second-order valence-electron chi connectivity index (χ2n) is 5.16. The van der Waals surface area contributed by atoms with Crippen LogP contribution < -0.4 is 0 Å². The lowest BCUT2D eigenvalue weighted by atomic mass is 10.2. The quantitative estimate of drug-likeness (QED) is 0.844. The van der Waals surface area contributed by atoms with Gasteiger partial charge < -0.3 is 5.11 Å². The van der Waals surface area contributed by atoms with Crippen LogP contribution in [0.1, 0.15) is 31.3 Å². The van der Waals surface area contributed by atoms with E-state index < -0.39 is 15.9 Å². The third-order valence-electron chi connectivity index (χ3n) is 2.91. The molecule has 0 spiro atoms. The van der Waals surface area contributed by atoms with Crippen LogP contribution in [0.4, 0.5) is 0 Å². The lowest BCUT2D eigenvalue weighted by Crippen LogP contribution is -2.20. The third-order valence-corrected chi connectivity index (χ3v) is 6.07. The first kappa shape index (κ1) is 14.7. The smallest absolute Gasteiger partial charge is 0.154 e. The van der Waals surface area contributed by atoms with E-state index in [0.717, 1.165) is 16.5 Å². The van der Waals surface area contributed by atoms with Crippen LogP contribution in [0, 0.1) is 6.92 Å². The molecule has 0 radical (unpaired) electrons. The van der Waals surface area contributed by atoms with Gasteiger partial charge in [-0.15, -0.1) is 0 Å². The number of hydrogen-bond acceptors (Lipinski definition) is 6. The van der Waals surface area contributed by atoms with Crippen molar-refractivity contribution in [3.05, 3.63) is 17.6 Å². The van der Waals surface area contributed by atoms with Crippen LogP contribution >= 0.6 is 11.8 Å². The van der Waals surface area contributed by atoms with E-state index in [0.29, 0.717) is 0 Å². The third kappa shape index (κ3) is 3.67. The molecule has 1 aromatic rings. The monoisotopic (exact) mass is 302 g/mol. The number of sulfone groups is 1. The predicted octanol–water partition coefficient (Wildman–Crippen LogP) is 1.16. The van der Waals surface area contributed by atoms with Crippen molar-refractivity contribution >= 4 is 21.6 Å². The summed E-state index contributed by atoms with van der Waals surface area (Å²) in [5.41, 5.74) is 0.858. The van der Waals surface area contributed by atoms with Crippen LogP contribution in [0.25, 0.3) is 0 Å². The van der Waals surface area contributed by atoms with Crippen molar-refractivity contribution in [2.24, 2.45) is 0 Å². The molecule has 2 rings (SSSR count). The van der Waals surface area contributed by atoms with E-state index in [4.69, 9.17) is 0 Å². The Bertz CT molecular complexity index is 572. The molecule has 0 amide bonds. The van der Waals surface area contributed by atoms with Gasteiger partial charge in [0, 0.05) is 11.6 Å². The zero-order chi connectivity index (χ0) is 14.2. The fourth-order valence-corrected chi connectivity index (χ4v) is 5.52. The molecule has 1 aliphatic rings. The Balaban J connectivity index is 2.20. The van der Waals surface area contributed by atoms with Crippen molar-refractivity contribution in [2.75, 3.05) is 11.5 Å². The van der Waals surface area contributed by atoms with Gasteiger partial charge >= 0.3 is 0 Å². The number of thioether (sulfide) groups is 1. The van der Waals surface area contributed by atoms with Gasteiger partial charge in [0.1, 0.15) is 10.9 Å². The predicted molar refractivity (Wildman–Crippen MR) is 75.2 cm³/mol. The van der Waals surface area contributed by atoms with Crippen LogP contribution in [0.3, 0.4) is 0 Å². The average Bonchev–Trinajstić information content (AvgIpc) is 2.50. The number of aliphatic hydroxyl groups excluding tert-OH is 1. The molecular formula is C12H18N2O3S2. The molecule has 0 saturated carbocycles. The minimum atomic E-state index is -3.12. The van der Waals surface area contributed by atoms with Crippen molar-refractivity contribution in [3.8, 4) is 0 Å². The van der Waals surface area contributed by atoms with Crippen molar-refractivity contribution in [1.29, 1.82) is 0 Å². The number of aliphatic hydroxyl groups is 1. The normalized spacial score (nSPS) is 25.9. The Kier molecular flexibility index (Phi) is 4.17. The van der Waals surface area contributed by atoms with Gasteiger partial charge in [-0.25, -0.2) is 18.4 Å². The van der Waals surface area contributed by atoms with Crippen LogP contribution in [-0.4, -0.2) is 46.4 Å². The molecule has 1 aliphatic heterocycles. The number of aromatic nitrogens is 2. The molecular weight excluding hydrogens is 284 g/mol. The van der Waals surface area contributed by atoms with Gasteiger partial charge in [-0.2, -0.15) is 0 Å². The highest BCUT2D eigenvalue weighted by Gasteiger charge is 2.37. The Morgan fingerprint density at radius 1 is 1.37 bits per heavy atom. The van der Waals surface area contributed by atoms with E-state index in [1.54, 1.807) is 0 Å². The molecule has 0 aliphatic carbocycles. The molecule has 1 N–H and O–H groups in total. The lowest BCUT2D eigenvalue weighted by Gasteiger charge is -2.13. The SMILES string of the molecule is Cc1cc(S[C@@H]2CS(=O)(=O)C[C@H]2O)nc(C(C)C)n1. The van der Waals surface area contributed by atoms with Crippen LogP contribution in [0.2, 0.25) is 0 Å². The maximum absolute atomic E-state index is 11.5. The maximum Gasteiger partial charge on any atom is 0.154 e. The van der Waals surface area contributed by atoms with Crippen molar-refractivity contribution in [2.45, 2.75) is 43.1 Å². The van der Waals surface area contributed by atoms with Crippen LogP contribution in [0.5, 0.6) is 0 Å². The second-order valence-corrected chi connectivity index (χ2v) is 8.57. The van der Waals surface area contributed by atoms with Crippen molar-refractivity contribution < 1.29 is 13.5 Å². The highest BCUT2D eigenvalue weighted by Crippen LogP contribution is 2.31. The molecule has 106 valence electrons. The molecule has 2 heterocycles. The molecule has 2 atom stereocenters. The highest BCUT2D eigenvalue weighted by atomic mass is 32.2. The zero-order valence-electron chi connectivity index (χ0n) is 11.2. The first-order valence-electron chi connectivity index (χ1n) is 6.17. The number of nitrogens with zero attached hydrogens (tertiary/aromatic N) is 2. The molecule has 5 nitrogen and oxygen atoms in total. The van der Waals surface area contributed by atoms with Crippen molar-refractivity contribution in [3.63, 3.8) is 0 Å². The van der Waals surface area contributed by atoms with E-state index in [-0.39, 0.29) is 22.7 Å². The molecule has 1 aromatic heterocycles. The summed E-state index contributed by atoms with van der Waals surface area (Å²) >= 11 is 1.33. The summed E-state index contributed by atoms with van der Waals surface area (Å²) in [6.07, 6.45) is -0.812. The molecule has 0 unspecified atom stereocenters. The van der Waals surface area contributed by atoms with Gasteiger partial charge in [-0.3, -0.25) is 0 Å². The van der Waals surface area contributed by atoms with Gasteiger partial charge in [0.2, 0.25) is 0 Å². The Hall–Kier alpha value is -0.660. The summed E-state index contributed by atoms with van der Waals surface area (Å²) in [5.74, 6) is 0.833. The first-order valence-corrected chi connectivity index (χ1v) is 8.87. The lowest BCUT2D eigenvalue weighted by molar-refractivity contribution is 0.207. The fraction of sp³-hybridized carbons (Fsp3) is 0.667. The Labute approximate surface area is 117 Å². The maximum atomic E-state index is 11.5. The molecule has 1 fully saturated rings. The van der Waals surface area contributed by atoms with Gasteiger partial charge in [0.05, 0.1) is 22.9 Å². The zero-order valence-corrected chi connectivity index (χ0v) is 12.8. The molecule has 1 saturated heterocycles. The van der Waals surface area contributed by atoms with Gasteiger partial charge in [0.25, 0.3) is 0 Å². The van der Waals surface area contributed by atoms with Crippen LogP contribution in [0.15, 0.2) is 11.1 Å². The summed E-state index contributed by atoms with van der Waals surface area (Å²) in [5, 5.41) is 10.2. The fourth-order valence-electron chi connectivity index (χ4n) is 1.94. The Morgan fingerprint density at radius 2 is 2.05 bits per heavy atom.